The molecule has 3 atom stereocenters. The first kappa shape index (κ1) is 33.3. The van der Waals surface area contributed by atoms with E-state index in [4.69, 9.17) is 11.6 Å². The van der Waals surface area contributed by atoms with Crippen LogP contribution in [0.5, 0.6) is 0 Å². The Morgan fingerprint density at radius 2 is 1.91 bits per heavy atom. The summed E-state index contributed by atoms with van der Waals surface area (Å²) in [6.45, 7) is 3.90. The number of fused-ring (bicyclic) bond motifs is 1. The van der Waals surface area contributed by atoms with E-state index < -0.39 is 17.4 Å². The van der Waals surface area contributed by atoms with E-state index in [1.165, 1.54) is 4.90 Å². The summed E-state index contributed by atoms with van der Waals surface area (Å²) in [5.74, 6) is -1.49. The van der Waals surface area contributed by atoms with Crippen LogP contribution in [0.25, 0.3) is 0 Å². The van der Waals surface area contributed by atoms with E-state index in [1.807, 2.05) is 54.6 Å². The number of anilines is 2. The molecule has 0 aromatic heterocycles. The number of benzene rings is 3. The van der Waals surface area contributed by atoms with Gasteiger partial charge in [0, 0.05) is 48.2 Å². The van der Waals surface area contributed by atoms with Gasteiger partial charge in [-0.1, -0.05) is 73.1 Å². The molecule has 2 aliphatic heterocycles. The topological polar surface area (TPSA) is 122 Å². The fourth-order valence-electron chi connectivity index (χ4n) is 6.18. The number of aliphatic hydroxyl groups is 2. The molecule has 5 rings (SSSR count). The van der Waals surface area contributed by atoms with Gasteiger partial charge in [0.05, 0.1) is 24.8 Å². The van der Waals surface area contributed by atoms with Crippen LogP contribution in [0.1, 0.15) is 42.9 Å². The lowest BCUT2D eigenvalue weighted by Crippen LogP contribution is -2.44. The highest BCUT2D eigenvalue weighted by atomic mass is 35.5. The first-order valence-electron chi connectivity index (χ1n) is 15.7. The molecule has 3 amide bonds. The third-order valence-electron chi connectivity index (χ3n) is 8.75. The molecule has 242 valence electrons. The summed E-state index contributed by atoms with van der Waals surface area (Å²) in [6.07, 6.45) is 5.19. The predicted molar refractivity (Wildman–Crippen MR) is 179 cm³/mol. The number of hydrogen-bond acceptors (Lipinski definition) is 6. The van der Waals surface area contributed by atoms with Crippen molar-refractivity contribution in [2.75, 3.05) is 36.5 Å². The second-order valence-corrected chi connectivity index (χ2v) is 12.4. The summed E-state index contributed by atoms with van der Waals surface area (Å²) in [5, 5.41) is 28.2. The van der Waals surface area contributed by atoms with E-state index in [-0.39, 0.29) is 43.8 Å². The summed E-state index contributed by atoms with van der Waals surface area (Å²) in [7, 11) is 0. The average Bonchev–Trinajstić information content (AvgIpc) is 3.27. The summed E-state index contributed by atoms with van der Waals surface area (Å²) in [4.78, 5) is 43.0. The smallest absolute Gasteiger partial charge is 0.264 e. The van der Waals surface area contributed by atoms with Gasteiger partial charge in [-0.3, -0.25) is 14.4 Å². The van der Waals surface area contributed by atoms with Crippen molar-refractivity contribution >= 4 is 40.7 Å². The highest BCUT2D eigenvalue weighted by Crippen LogP contribution is 2.46. The lowest BCUT2D eigenvalue weighted by molar-refractivity contribution is -0.139. The molecular weight excluding hydrogens is 604 g/mol. The van der Waals surface area contributed by atoms with Crippen LogP contribution in [0, 0.1) is 11.8 Å². The molecule has 0 aliphatic carbocycles. The van der Waals surface area contributed by atoms with Crippen LogP contribution < -0.4 is 15.5 Å². The number of hydrogen-bond donors (Lipinski definition) is 4. The van der Waals surface area contributed by atoms with Gasteiger partial charge in [-0.25, -0.2) is 0 Å². The number of carbonyl (C=O) groups is 3. The summed E-state index contributed by atoms with van der Waals surface area (Å²) in [6, 6.07) is 21.9. The number of nitrogens with one attached hydrogen (secondary N) is 2. The Hall–Kier alpha value is -4.02. The Kier molecular flexibility index (Phi) is 10.9. The highest BCUT2D eigenvalue weighted by Gasteiger charge is 2.52. The molecule has 4 N–H and O–H groups in total. The standard InChI is InChI=1S/C36H41ClN4O5/c1-25(8-5-14-33(43)40(18-19-42)23-26-9-3-2-4-10-26)36(46)31-21-29(37)15-16-32(31)41(35(36)45)24-27-11-6-13-30(20-27)39-34(44)28-12-7-17-38-22-28/h2-6,8-11,13,15-16,20-21,25,28,38,42,46H,7,12,14,17-19,22-24H2,1H3,(H,39,44)/b8-5+/t25-,28?,36+/m1/s1. The van der Waals surface area contributed by atoms with Crippen molar-refractivity contribution in [2.24, 2.45) is 11.8 Å². The Labute approximate surface area is 274 Å². The van der Waals surface area contributed by atoms with Crippen molar-refractivity contribution in [3.8, 4) is 0 Å². The molecule has 1 unspecified atom stereocenters. The van der Waals surface area contributed by atoms with Gasteiger partial charge < -0.3 is 30.6 Å². The number of aliphatic hydroxyl groups excluding tert-OH is 1. The molecule has 0 bridgehead atoms. The second-order valence-electron chi connectivity index (χ2n) is 12.0. The minimum atomic E-state index is -1.91. The van der Waals surface area contributed by atoms with Crippen molar-refractivity contribution < 1.29 is 24.6 Å². The van der Waals surface area contributed by atoms with Gasteiger partial charge in [0.25, 0.3) is 5.91 Å². The molecule has 0 saturated carbocycles. The number of nitrogens with zero attached hydrogens (tertiary/aromatic N) is 2. The lowest BCUT2D eigenvalue weighted by Gasteiger charge is -2.28. The first-order valence-corrected chi connectivity index (χ1v) is 16.1. The van der Waals surface area contributed by atoms with Gasteiger partial charge in [0.15, 0.2) is 5.60 Å². The molecule has 10 heteroatoms. The van der Waals surface area contributed by atoms with E-state index in [9.17, 15) is 24.6 Å². The highest BCUT2D eigenvalue weighted by molar-refractivity contribution is 6.31. The van der Waals surface area contributed by atoms with Crippen LogP contribution in [-0.4, -0.2) is 59.1 Å². The minimum absolute atomic E-state index is 0.0328. The fraction of sp³-hybridized carbons (Fsp3) is 0.361. The maximum absolute atomic E-state index is 14.0. The van der Waals surface area contributed by atoms with Gasteiger partial charge in [-0.2, -0.15) is 0 Å². The molecule has 1 saturated heterocycles. The van der Waals surface area contributed by atoms with E-state index in [2.05, 4.69) is 10.6 Å². The van der Waals surface area contributed by atoms with E-state index >= 15 is 0 Å². The van der Waals surface area contributed by atoms with Crippen molar-refractivity contribution in [3.05, 3.63) is 107 Å². The van der Waals surface area contributed by atoms with Crippen LogP contribution in [0.15, 0.2) is 84.9 Å². The zero-order valence-corrected chi connectivity index (χ0v) is 26.7. The molecule has 2 aliphatic rings. The number of halogens is 1. The van der Waals surface area contributed by atoms with E-state index in [0.29, 0.717) is 35.1 Å². The SMILES string of the molecule is C[C@H](/C=C/CC(=O)N(CCO)Cc1ccccc1)[C@@]1(O)C(=O)N(Cc2cccc(NC(=O)C3CCCNC3)c2)c2ccc(Cl)cc21. The Bertz CT molecular complexity index is 1580. The van der Waals surface area contributed by atoms with Gasteiger partial charge in [-0.15, -0.1) is 0 Å². The summed E-state index contributed by atoms with van der Waals surface area (Å²) >= 11 is 6.35. The van der Waals surface area contributed by atoms with Gasteiger partial charge in [-0.05, 0) is 60.8 Å². The van der Waals surface area contributed by atoms with Crippen LogP contribution in [0.3, 0.4) is 0 Å². The number of carbonyl (C=O) groups excluding carboxylic acids is 3. The monoisotopic (exact) mass is 644 g/mol. The fourth-order valence-corrected chi connectivity index (χ4v) is 6.36. The zero-order valence-electron chi connectivity index (χ0n) is 26.0. The Balaban J connectivity index is 1.30. The predicted octanol–water partition coefficient (Wildman–Crippen LogP) is 4.62. The average molecular weight is 645 g/mol. The lowest BCUT2D eigenvalue weighted by atomic mass is 9.83. The third kappa shape index (κ3) is 7.50. The summed E-state index contributed by atoms with van der Waals surface area (Å²) in [5.41, 5.74) is 1.43. The van der Waals surface area contributed by atoms with Crippen LogP contribution in [0.4, 0.5) is 11.4 Å². The first-order chi connectivity index (χ1) is 22.2. The van der Waals surface area contributed by atoms with Crippen LogP contribution in [0.2, 0.25) is 5.02 Å². The molecule has 0 radical (unpaired) electrons. The van der Waals surface area contributed by atoms with Crippen LogP contribution in [-0.2, 0) is 33.1 Å². The largest absolute Gasteiger partial charge is 0.395 e. The summed E-state index contributed by atoms with van der Waals surface area (Å²) < 4.78 is 0. The molecule has 9 nitrogen and oxygen atoms in total. The van der Waals surface area contributed by atoms with Crippen molar-refractivity contribution in [3.63, 3.8) is 0 Å². The molecule has 1 fully saturated rings. The quantitative estimate of drug-likeness (QED) is 0.214. The molecule has 0 spiro atoms. The van der Waals surface area contributed by atoms with Crippen molar-refractivity contribution in [2.45, 2.75) is 44.9 Å². The zero-order chi connectivity index (χ0) is 32.7. The molecule has 3 aromatic rings. The second kappa shape index (κ2) is 15.0. The number of amides is 3. The molecule has 2 heterocycles. The number of rotatable bonds is 12. The molecule has 46 heavy (non-hydrogen) atoms. The van der Waals surface area contributed by atoms with Crippen LogP contribution >= 0.6 is 11.6 Å². The van der Waals surface area contributed by atoms with Gasteiger partial charge in [0.1, 0.15) is 0 Å². The van der Waals surface area contributed by atoms with Crippen molar-refractivity contribution in [1.29, 1.82) is 0 Å². The maximum atomic E-state index is 14.0. The Morgan fingerprint density at radius 3 is 2.65 bits per heavy atom. The van der Waals surface area contributed by atoms with Crippen molar-refractivity contribution in [1.82, 2.24) is 10.2 Å². The maximum Gasteiger partial charge on any atom is 0.264 e. The van der Waals surface area contributed by atoms with E-state index in [0.717, 1.165) is 30.5 Å². The number of piperidine rings is 1. The van der Waals surface area contributed by atoms with E-state index in [1.54, 1.807) is 42.2 Å². The Morgan fingerprint density at radius 1 is 1.13 bits per heavy atom. The minimum Gasteiger partial charge on any atom is -0.395 e. The normalized spacial score (nSPS) is 20.0. The molecular formula is C36H41ClN4O5. The van der Waals surface area contributed by atoms with Gasteiger partial charge in [0.2, 0.25) is 11.8 Å². The molecule has 3 aromatic carbocycles. The van der Waals surface area contributed by atoms with Gasteiger partial charge >= 0.3 is 0 Å². The third-order valence-corrected chi connectivity index (χ3v) is 8.98.